The number of nitrogens with zero attached hydrogens (tertiary/aromatic N) is 1. The maximum atomic E-state index is 5.44. The van der Waals surface area contributed by atoms with Crippen LogP contribution in [0.3, 0.4) is 0 Å². The minimum atomic E-state index is -1.18. The second-order valence-corrected chi connectivity index (χ2v) is 2.49. The lowest BCUT2D eigenvalue weighted by atomic mass is 9.48. The third-order valence-electron chi connectivity index (χ3n) is 1.56. The van der Waals surface area contributed by atoms with Crippen LogP contribution in [-0.4, -0.2) is 60.0 Å². The summed E-state index contributed by atoms with van der Waals surface area (Å²) in [6, 6.07) is 0. The Morgan fingerprint density at radius 2 is 1.60 bits per heavy atom. The summed E-state index contributed by atoms with van der Waals surface area (Å²) in [5.74, 6) is 0. The molecule has 0 aromatic heterocycles. The van der Waals surface area contributed by atoms with Crippen LogP contribution >= 0.6 is 0 Å². The molecule has 1 aliphatic heterocycles. The SMILES string of the molecule is [B]C([B])([B])N1CCOCC1. The van der Waals surface area contributed by atoms with Gasteiger partial charge >= 0.3 is 0 Å². The van der Waals surface area contributed by atoms with Gasteiger partial charge in [0.2, 0.25) is 0 Å². The van der Waals surface area contributed by atoms with Gasteiger partial charge in [-0.25, -0.2) is 0 Å². The van der Waals surface area contributed by atoms with Crippen molar-refractivity contribution in [1.82, 2.24) is 4.90 Å². The number of rotatable bonds is 1. The minimum absolute atomic E-state index is 0.660. The van der Waals surface area contributed by atoms with E-state index in [4.69, 9.17) is 28.3 Å². The summed E-state index contributed by atoms with van der Waals surface area (Å²) in [7, 11) is 16.3. The summed E-state index contributed by atoms with van der Waals surface area (Å²) >= 11 is 0. The number of ether oxygens (including phenoxy) is 1. The molecule has 0 amide bonds. The van der Waals surface area contributed by atoms with Crippen molar-refractivity contribution in [2.45, 2.75) is 5.24 Å². The van der Waals surface area contributed by atoms with Crippen LogP contribution in [0.4, 0.5) is 0 Å². The number of hydrogen-bond acceptors (Lipinski definition) is 2. The molecular formula is C5H8B3NO. The largest absolute Gasteiger partial charge is 0.379 e. The predicted octanol–water partition coefficient (Wildman–Crippen LogP) is -1.56. The summed E-state index contributed by atoms with van der Waals surface area (Å²) in [6.45, 7) is 2.74. The molecule has 1 rings (SSSR count). The van der Waals surface area contributed by atoms with Gasteiger partial charge in [0.15, 0.2) is 0 Å². The van der Waals surface area contributed by atoms with Crippen molar-refractivity contribution in [2.75, 3.05) is 26.3 Å². The zero-order valence-electron chi connectivity index (χ0n) is 5.92. The van der Waals surface area contributed by atoms with Crippen LogP contribution in [0, 0.1) is 0 Å². The Kier molecular flexibility index (Phi) is 2.47. The van der Waals surface area contributed by atoms with E-state index in [0.29, 0.717) is 26.3 Å². The van der Waals surface area contributed by atoms with Crippen molar-refractivity contribution < 1.29 is 4.74 Å². The van der Waals surface area contributed by atoms with Crippen molar-refractivity contribution >= 4 is 23.5 Å². The Labute approximate surface area is 65.5 Å². The molecule has 1 heterocycles. The van der Waals surface area contributed by atoms with E-state index < -0.39 is 5.24 Å². The second-order valence-electron chi connectivity index (χ2n) is 2.49. The summed E-state index contributed by atoms with van der Waals surface area (Å²) in [4.78, 5) is 1.79. The van der Waals surface area contributed by atoms with Gasteiger partial charge in [-0.3, -0.25) is 0 Å². The first-order chi connectivity index (χ1) is 4.61. The zero-order valence-corrected chi connectivity index (χ0v) is 5.92. The number of morpholine rings is 1. The first-order valence-corrected chi connectivity index (χ1v) is 3.30. The highest BCUT2D eigenvalue weighted by atomic mass is 16.5. The monoisotopic (exact) mass is 131 g/mol. The van der Waals surface area contributed by atoms with Gasteiger partial charge in [-0.2, -0.15) is 0 Å². The number of hydrogen-bond donors (Lipinski definition) is 0. The van der Waals surface area contributed by atoms with Crippen molar-refractivity contribution in [2.24, 2.45) is 0 Å². The standard InChI is InChI=1S/C5H8B3NO/c6-5(7,8)9-1-3-10-4-2-9/h1-4H2. The van der Waals surface area contributed by atoms with E-state index in [1.54, 1.807) is 4.90 Å². The molecule has 5 heteroatoms. The average molecular weight is 131 g/mol. The maximum Gasteiger partial charge on any atom is 0.0698 e. The molecule has 1 aliphatic rings. The molecule has 1 fully saturated rings. The van der Waals surface area contributed by atoms with Crippen molar-refractivity contribution in [3.63, 3.8) is 0 Å². The van der Waals surface area contributed by atoms with Crippen LogP contribution in [-0.2, 0) is 4.74 Å². The molecule has 0 aromatic carbocycles. The molecule has 0 bridgehead atoms. The Morgan fingerprint density at radius 1 is 1.10 bits per heavy atom. The molecule has 0 aliphatic carbocycles. The van der Waals surface area contributed by atoms with Gasteiger partial charge in [0, 0.05) is 13.1 Å². The lowest BCUT2D eigenvalue weighted by molar-refractivity contribution is 0.0359. The quantitative estimate of drug-likeness (QED) is 0.398. The molecule has 2 nitrogen and oxygen atoms in total. The fourth-order valence-electron chi connectivity index (χ4n) is 0.951. The molecule has 10 heavy (non-hydrogen) atoms. The fourth-order valence-corrected chi connectivity index (χ4v) is 0.951. The molecule has 0 atom stereocenters. The Bertz CT molecular complexity index is 108. The van der Waals surface area contributed by atoms with Crippen LogP contribution in [0.2, 0.25) is 0 Å². The molecular weight excluding hydrogens is 122 g/mol. The lowest BCUT2D eigenvalue weighted by Gasteiger charge is -2.39. The van der Waals surface area contributed by atoms with Gasteiger partial charge in [-0.1, -0.05) is 5.24 Å². The van der Waals surface area contributed by atoms with E-state index in [1.165, 1.54) is 0 Å². The van der Waals surface area contributed by atoms with Gasteiger partial charge in [-0.15, -0.1) is 0 Å². The topological polar surface area (TPSA) is 12.5 Å². The maximum absolute atomic E-state index is 5.44. The third-order valence-corrected chi connectivity index (χ3v) is 1.56. The van der Waals surface area contributed by atoms with Crippen LogP contribution in [0.5, 0.6) is 0 Å². The van der Waals surface area contributed by atoms with E-state index in [0.717, 1.165) is 0 Å². The van der Waals surface area contributed by atoms with E-state index in [-0.39, 0.29) is 0 Å². The van der Waals surface area contributed by atoms with Crippen molar-refractivity contribution in [3.8, 4) is 0 Å². The normalized spacial score (nSPS) is 22.8. The van der Waals surface area contributed by atoms with Crippen LogP contribution in [0.15, 0.2) is 0 Å². The summed E-state index contributed by atoms with van der Waals surface area (Å²) in [5.41, 5.74) is 0. The van der Waals surface area contributed by atoms with Crippen LogP contribution < -0.4 is 0 Å². The van der Waals surface area contributed by atoms with Gasteiger partial charge < -0.3 is 9.64 Å². The van der Waals surface area contributed by atoms with E-state index in [9.17, 15) is 0 Å². The van der Waals surface area contributed by atoms with Gasteiger partial charge in [0.25, 0.3) is 0 Å². The molecule has 48 valence electrons. The molecule has 0 unspecified atom stereocenters. The van der Waals surface area contributed by atoms with Crippen LogP contribution in [0.25, 0.3) is 0 Å². The highest BCUT2D eigenvalue weighted by Gasteiger charge is 2.21. The summed E-state index contributed by atoms with van der Waals surface area (Å²) in [5, 5.41) is -1.18. The minimum Gasteiger partial charge on any atom is -0.379 e. The molecule has 0 N–H and O–H groups in total. The average Bonchev–Trinajstić information content (AvgIpc) is 1.88. The van der Waals surface area contributed by atoms with E-state index >= 15 is 0 Å². The molecule has 0 saturated carbocycles. The van der Waals surface area contributed by atoms with Crippen molar-refractivity contribution in [1.29, 1.82) is 0 Å². The molecule has 6 radical (unpaired) electrons. The second kappa shape index (κ2) is 3.01. The molecule has 0 aromatic rings. The Morgan fingerprint density at radius 3 is 1.90 bits per heavy atom. The predicted molar refractivity (Wildman–Crippen MR) is 42.4 cm³/mol. The van der Waals surface area contributed by atoms with Gasteiger partial charge in [0.05, 0.1) is 36.8 Å². The zero-order chi connectivity index (χ0) is 7.61. The fraction of sp³-hybridized carbons (Fsp3) is 1.00. The first kappa shape index (κ1) is 8.21. The van der Waals surface area contributed by atoms with Crippen molar-refractivity contribution in [3.05, 3.63) is 0 Å². The van der Waals surface area contributed by atoms with E-state index in [2.05, 4.69) is 0 Å². The first-order valence-electron chi connectivity index (χ1n) is 3.30. The Balaban J connectivity index is 2.39. The molecule has 0 spiro atoms. The molecule has 1 saturated heterocycles. The highest BCUT2D eigenvalue weighted by Crippen LogP contribution is 2.04. The van der Waals surface area contributed by atoms with Gasteiger partial charge in [0.1, 0.15) is 0 Å². The summed E-state index contributed by atoms with van der Waals surface area (Å²) < 4.78 is 5.09. The summed E-state index contributed by atoms with van der Waals surface area (Å²) in [6.07, 6.45) is 0. The Hall–Kier alpha value is 0.115. The van der Waals surface area contributed by atoms with Gasteiger partial charge in [-0.05, 0) is 0 Å². The van der Waals surface area contributed by atoms with Crippen LogP contribution in [0.1, 0.15) is 0 Å². The highest BCUT2D eigenvalue weighted by molar-refractivity contribution is 6.59. The van der Waals surface area contributed by atoms with E-state index in [1.807, 2.05) is 0 Å². The lowest BCUT2D eigenvalue weighted by Crippen LogP contribution is -2.55. The smallest absolute Gasteiger partial charge is 0.0698 e. The third kappa shape index (κ3) is 2.06.